The summed E-state index contributed by atoms with van der Waals surface area (Å²) in [6.07, 6.45) is 1.53. The number of carbonyl (C=O) groups is 2. The van der Waals surface area contributed by atoms with Crippen molar-refractivity contribution in [2.75, 3.05) is 5.32 Å². The normalized spacial score (nSPS) is 11.2. The Kier molecular flexibility index (Phi) is 6.29. The quantitative estimate of drug-likeness (QED) is 0.247. The molecule has 166 valence electrons. The molecule has 3 aromatic carbocycles. The smallest absolute Gasteiger partial charge is 0.318 e. The molecule has 2 amide bonds. The number of aryl methyl sites for hydroxylation is 2. The van der Waals surface area contributed by atoms with Crippen LogP contribution < -0.4 is 10.7 Å². The Hall–Kier alpha value is -3.90. The van der Waals surface area contributed by atoms with Crippen LogP contribution in [0.1, 0.15) is 22.5 Å². The fourth-order valence-corrected chi connectivity index (χ4v) is 3.94. The number of nitrogens with one attached hydrogen (secondary N) is 2. The second kappa shape index (κ2) is 9.30. The fraction of sp³-hybridized carbons (Fsp3) is 0.115. The second-order valence-electron chi connectivity index (χ2n) is 7.78. The van der Waals surface area contributed by atoms with Gasteiger partial charge in [0.25, 0.3) is 0 Å². The van der Waals surface area contributed by atoms with Gasteiger partial charge in [0, 0.05) is 38.7 Å². The van der Waals surface area contributed by atoms with E-state index in [0.717, 1.165) is 39.0 Å². The zero-order valence-corrected chi connectivity index (χ0v) is 19.3. The molecule has 0 fully saturated rings. The van der Waals surface area contributed by atoms with Gasteiger partial charge in [-0.25, -0.2) is 5.43 Å². The molecule has 2 N–H and O–H groups in total. The summed E-state index contributed by atoms with van der Waals surface area (Å²) in [5.74, 6) is -1.64. The summed E-state index contributed by atoms with van der Waals surface area (Å²) in [5.41, 5.74) is 7.57. The number of rotatable bonds is 4. The highest BCUT2D eigenvalue weighted by molar-refractivity contribution is 6.40. The molecule has 33 heavy (non-hydrogen) atoms. The Morgan fingerprint density at radius 3 is 2.48 bits per heavy atom. The van der Waals surface area contributed by atoms with E-state index in [0.29, 0.717) is 10.7 Å². The van der Waals surface area contributed by atoms with Gasteiger partial charge in [0.1, 0.15) is 0 Å². The van der Waals surface area contributed by atoms with Crippen LogP contribution in [0.25, 0.3) is 16.5 Å². The highest BCUT2D eigenvalue weighted by Gasteiger charge is 2.15. The van der Waals surface area contributed by atoms with Crippen molar-refractivity contribution in [1.29, 1.82) is 0 Å². The highest BCUT2D eigenvalue weighted by atomic mass is 35.5. The van der Waals surface area contributed by atoms with Crippen molar-refractivity contribution < 1.29 is 9.59 Å². The van der Waals surface area contributed by atoms with Crippen molar-refractivity contribution in [3.8, 4) is 5.69 Å². The van der Waals surface area contributed by atoms with Crippen LogP contribution in [0.5, 0.6) is 0 Å². The van der Waals surface area contributed by atoms with Gasteiger partial charge in [-0.3, -0.25) is 9.59 Å². The van der Waals surface area contributed by atoms with Gasteiger partial charge in [-0.15, -0.1) is 0 Å². The van der Waals surface area contributed by atoms with Crippen LogP contribution in [0.15, 0.2) is 71.8 Å². The summed E-state index contributed by atoms with van der Waals surface area (Å²) in [6, 6.07) is 21.0. The van der Waals surface area contributed by atoms with Crippen LogP contribution in [0.3, 0.4) is 0 Å². The number of carbonyl (C=O) groups excluding carboxylic acids is 2. The van der Waals surface area contributed by atoms with Gasteiger partial charge < -0.3 is 9.88 Å². The lowest BCUT2D eigenvalue weighted by atomic mass is 10.1. The van der Waals surface area contributed by atoms with Crippen molar-refractivity contribution >= 4 is 46.1 Å². The Morgan fingerprint density at radius 2 is 1.70 bits per heavy atom. The summed E-state index contributed by atoms with van der Waals surface area (Å²) in [4.78, 5) is 24.6. The third kappa shape index (κ3) is 4.66. The van der Waals surface area contributed by atoms with Crippen molar-refractivity contribution in [3.63, 3.8) is 0 Å². The van der Waals surface area contributed by atoms with Crippen LogP contribution in [0.4, 0.5) is 5.69 Å². The lowest BCUT2D eigenvalue weighted by Gasteiger charge is -2.11. The summed E-state index contributed by atoms with van der Waals surface area (Å²) in [6.45, 7) is 5.89. The second-order valence-corrected chi connectivity index (χ2v) is 8.18. The van der Waals surface area contributed by atoms with Gasteiger partial charge in [-0.05, 0) is 56.0 Å². The molecule has 0 bridgehead atoms. The molecule has 1 aromatic heterocycles. The Balaban J connectivity index is 1.46. The highest BCUT2D eigenvalue weighted by Crippen LogP contribution is 2.25. The molecule has 0 saturated heterocycles. The Bertz CT molecular complexity index is 1400. The van der Waals surface area contributed by atoms with E-state index in [2.05, 4.69) is 20.4 Å². The molecule has 0 radical (unpaired) electrons. The molecule has 0 aliphatic heterocycles. The minimum absolute atomic E-state index is 0.567. The number of hydrazone groups is 1. The van der Waals surface area contributed by atoms with E-state index in [4.69, 9.17) is 11.6 Å². The Morgan fingerprint density at radius 1 is 0.939 bits per heavy atom. The third-order valence-electron chi connectivity index (χ3n) is 5.50. The van der Waals surface area contributed by atoms with E-state index in [9.17, 15) is 9.59 Å². The molecule has 6 nitrogen and oxygen atoms in total. The average molecular weight is 459 g/mol. The number of fused-ring (bicyclic) bond motifs is 1. The number of hydrogen-bond donors (Lipinski definition) is 2. The van der Waals surface area contributed by atoms with Crippen LogP contribution in [-0.4, -0.2) is 22.6 Å². The number of aromatic nitrogens is 1. The molecule has 0 aliphatic rings. The molecule has 4 aromatic rings. The maximum absolute atomic E-state index is 12.4. The first-order valence-corrected chi connectivity index (χ1v) is 10.8. The lowest BCUT2D eigenvalue weighted by molar-refractivity contribution is -0.136. The van der Waals surface area contributed by atoms with Gasteiger partial charge in [0.15, 0.2) is 0 Å². The zero-order valence-electron chi connectivity index (χ0n) is 18.5. The summed E-state index contributed by atoms with van der Waals surface area (Å²) in [5, 5.41) is 9.15. The van der Waals surface area contributed by atoms with E-state index in [1.807, 2.05) is 81.4 Å². The predicted octanol–water partition coefficient (Wildman–Crippen LogP) is 5.30. The lowest BCUT2D eigenvalue weighted by Crippen LogP contribution is -2.32. The van der Waals surface area contributed by atoms with Crippen molar-refractivity contribution in [2.24, 2.45) is 5.10 Å². The largest absolute Gasteiger partial charge is 0.329 e. The van der Waals surface area contributed by atoms with Gasteiger partial charge in [-0.1, -0.05) is 54.1 Å². The first-order chi connectivity index (χ1) is 15.8. The van der Waals surface area contributed by atoms with Crippen LogP contribution in [0, 0.1) is 20.8 Å². The van der Waals surface area contributed by atoms with Crippen LogP contribution in [-0.2, 0) is 9.59 Å². The molecule has 0 spiro atoms. The zero-order chi connectivity index (χ0) is 23.5. The third-order valence-corrected chi connectivity index (χ3v) is 5.90. The molecular formula is C26H23ClN4O2. The van der Waals surface area contributed by atoms with E-state index in [1.165, 1.54) is 6.21 Å². The number of halogens is 1. The van der Waals surface area contributed by atoms with E-state index in [-0.39, 0.29) is 0 Å². The summed E-state index contributed by atoms with van der Waals surface area (Å²) < 4.78 is 2.06. The molecule has 0 saturated carbocycles. The minimum atomic E-state index is -0.849. The SMILES string of the molecule is Cc1ccc(-n2c(C)cc(/C=N\NC(=O)C(=O)Nc3cccc4ccccc34)c2C)cc1Cl. The van der Waals surface area contributed by atoms with Crippen LogP contribution in [0.2, 0.25) is 5.02 Å². The van der Waals surface area contributed by atoms with Crippen LogP contribution >= 0.6 is 11.6 Å². The van der Waals surface area contributed by atoms with Gasteiger partial charge in [0.05, 0.1) is 6.21 Å². The molecular weight excluding hydrogens is 436 g/mol. The molecule has 0 aliphatic carbocycles. The maximum atomic E-state index is 12.4. The number of amides is 2. The van der Waals surface area contributed by atoms with Gasteiger partial charge in [0.2, 0.25) is 0 Å². The van der Waals surface area contributed by atoms with Crippen molar-refractivity contribution in [3.05, 3.63) is 94.3 Å². The monoisotopic (exact) mass is 458 g/mol. The average Bonchev–Trinajstić information content (AvgIpc) is 3.08. The predicted molar refractivity (Wildman–Crippen MR) is 133 cm³/mol. The topological polar surface area (TPSA) is 75.5 Å². The Labute approximate surface area is 196 Å². The molecule has 0 atom stereocenters. The number of anilines is 1. The fourth-order valence-electron chi connectivity index (χ4n) is 3.76. The summed E-state index contributed by atoms with van der Waals surface area (Å²) in [7, 11) is 0. The molecule has 1 heterocycles. The number of nitrogens with zero attached hydrogens (tertiary/aromatic N) is 2. The van der Waals surface area contributed by atoms with Crippen molar-refractivity contribution in [1.82, 2.24) is 9.99 Å². The first-order valence-electron chi connectivity index (χ1n) is 10.4. The maximum Gasteiger partial charge on any atom is 0.329 e. The summed E-state index contributed by atoms with van der Waals surface area (Å²) >= 11 is 6.29. The van der Waals surface area contributed by atoms with Crippen molar-refractivity contribution in [2.45, 2.75) is 20.8 Å². The number of hydrogen-bond acceptors (Lipinski definition) is 3. The van der Waals surface area contributed by atoms with E-state index >= 15 is 0 Å². The van der Waals surface area contributed by atoms with E-state index in [1.54, 1.807) is 6.07 Å². The molecule has 7 heteroatoms. The number of benzene rings is 3. The minimum Gasteiger partial charge on any atom is -0.318 e. The standard InChI is InChI=1S/C26H23ClN4O2/c1-16-11-12-21(14-23(16)27)31-17(2)13-20(18(31)3)15-28-30-26(33)25(32)29-24-10-6-8-19-7-4-5-9-22(19)24/h4-15H,1-3H3,(H,29,32)(H,30,33)/b28-15-. The van der Waals surface area contributed by atoms with Gasteiger partial charge in [-0.2, -0.15) is 5.10 Å². The molecule has 4 rings (SSSR count). The van der Waals surface area contributed by atoms with E-state index < -0.39 is 11.8 Å². The molecule has 0 unspecified atom stereocenters. The van der Waals surface area contributed by atoms with Gasteiger partial charge >= 0.3 is 11.8 Å². The first kappa shape index (κ1) is 22.3.